The molecule has 2 N–H and O–H groups in total. The van der Waals surface area contributed by atoms with Gasteiger partial charge in [0.1, 0.15) is 11.4 Å². The van der Waals surface area contributed by atoms with Gasteiger partial charge >= 0.3 is 5.92 Å². The van der Waals surface area contributed by atoms with Crippen LogP contribution >= 0.6 is 0 Å². The molecule has 3 aliphatic rings. The van der Waals surface area contributed by atoms with Crippen LogP contribution in [0.5, 0.6) is 5.75 Å². The summed E-state index contributed by atoms with van der Waals surface area (Å²) < 4.78 is 35.2. The Hall–Kier alpha value is -3.54. The molecule has 2 aliphatic heterocycles. The number of carbonyl (C=O) groups excluding carboxylic acids is 2. The molecule has 1 saturated carbocycles. The van der Waals surface area contributed by atoms with Crippen molar-refractivity contribution >= 4 is 35.0 Å². The molecule has 5 rings (SSSR count). The average molecular weight is 544 g/mol. The Balaban J connectivity index is 1.35. The van der Waals surface area contributed by atoms with Crippen molar-refractivity contribution in [2.75, 3.05) is 62.0 Å². The summed E-state index contributed by atoms with van der Waals surface area (Å²) in [4.78, 5) is 38.9. The fourth-order valence-electron chi connectivity index (χ4n) is 5.60. The number of hydrogen-bond donors (Lipinski definition) is 2. The molecule has 0 radical (unpaired) electrons. The predicted molar refractivity (Wildman–Crippen MR) is 144 cm³/mol. The summed E-state index contributed by atoms with van der Waals surface area (Å²) in [6, 6.07) is 4.88. The third-order valence-electron chi connectivity index (χ3n) is 7.76. The Labute approximate surface area is 226 Å². The maximum Gasteiger partial charge on any atom is 0.342 e. The number of benzene rings is 1. The van der Waals surface area contributed by atoms with E-state index < -0.39 is 18.4 Å². The van der Waals surface area contributed by atoms with Crippen LogP contribution in [0.3, 0.4) is 0 Å². The second kappa shape index (κ2) is 11.3. The minimum Gasteiger partial charge on any atom is -0.495 e. The number of fused-ring (bicyclic) bond motifs is 1. The van der Waals surface area contributed by atoms with Crippen molar-refractivity contribution in [2.24, 2.45) is 0 Å². The van der Waals surface area contributed by atoms with Crippen LogP contribution in [-0.2, 0) is 4.79 Å². The van der Waals surface area contributed by atoms with E-state index in [2.05, 4.69) is 25.5 Å². The van der Waals surface area contributed by atoms with Gasteiger partial charge in [0.2, 0.25) is 5.95 Å². The van der Waals surface area contributed by atoms with Crippen LogP contribution < -0.4 is 25.2 Å². The molecular formula is C27H35F2N7O3. The number of anilines is 4. The minimum absolute atomic E-state index is 0.130. The Kier molecular flexibility index (Phi) is 7.83. The first-order chi connectivity index (χ1) is 18.8. The lowest BCUT2D eigenvalue weighted by molar-refractivity contribution is -0.140. The topological polar surface area (TPSA) is 103 Å². The highest BCUT2D eigenvalue weighted by atomic mass is 19.3. The second-order valence-corrected chi connectivity index (χ2v) is 10.4. The maximum atomic E-state index is 14.8. The Morgan fingerprint density at radius 1 is 1.18 bits per heavy atom. The van der Waals surface area contributed by atoms with Gasteiger partial charge in [-0.25, -0.2) is 4.98 Å². The zero-order valence-corrected chi connectivity index (χ0v) is 22.4. The number of rotatable bonds is 8. The zero-order valence-electron chi connectivity index (χ0n) is 22.4. The Bertz CT molecular complexity index is 1220. The first-order valence-corrected chi connectivity index (χ1v) is 13.5. The molecule has 2 amide bonds. The molecule has 12 heteroatoms. The van der Waals surface area contributed by atoms with E-state index in [0.717, 1.165) is 50.2 Å². The lowest BCUT2D eigenvalue weighted by atomic mass is 10.1. The van der Waals surface area contributed by atoms with Gasteiger partial charge < -0.3 is 30.1 Å². The van der Waals surface area contributed by atoms with Crippen molar-refractivity contribution in [1.82, 2.24) is 20.2 Å². The minimum atomic E-state index is -3.54. The van der Waals surface area contributed by atoms with E-state index in [-0.39, 0.29) is 23.6 Å². The summed E-state index contributed by atoms with van der Waals surface area (Å²) in [6.45, 7) is 2.81. The highest BCUT2D eigenvalue weighted by Gasteiger charge is 2.48. The number of aromatic nitrogens is 2. The summed E-state index contributed by atoms with van der Waals surface area (Å²) >= 11 is 0. The summed E-state index contributed by atoms with van der Waals surface area (Å²) in [5.74, 6) is -4.14. The number of ether oxygens (including phenoxy) is 1. The number of halogens is 2. The number of amides is 2. The van der Waals surface area contributed by atoms with Crippen molar-refractivity contribution in [3.8, 4) is 5.75 Å². The van der Waals surface area contributed by atoms with E-state index in [1.54, 1.807) is 23.1 Å². The number of nitrogens with one attached hydrogen (secondary N) is 2. The van der Waals surface area contributed by atoms with Gasteiger partial charge in [0, 0.05) is 31.7 Å². The average Bonchev–Trinajstić information content (AvgIpc) is 3.65. The lowest BCUT2D eigenvalue weighted by Gasteiger charge is -2.31. The fourth-order valence-corrected chi connectivity index (χ4v) is 5.60. The SMILES string of the molecule is COc1cc(C(=O)NCCN2CCCC2)ccc1Nc1ncc2c(n1)N(C1CCCC1)CC(F)(F)C(=O)N2C. The van der Waals surface area contributed by atoms with E-state index in [4.69, 9.17) is 4.74 Å². The van der Waals surface area contributed by atoms with Gasteiger partial charge in [-0.1, -0.05) is 12.8 Å². The second-order valence-electron chi connectivity index (χ2n) is 10.4. The third-order valence-corrected chi connectivity index (χ3v) is 7.76. The van der Waals surface area contributed by atoms with E-state index >= 15 is 0 Å². The van der Waals surface area contributed by atoms with Gasteiger partial charge in [0.25, 0.3) is 11.8 Å². The zero-order chi connectivity index (χ0) is 27.6. The van der Waals surface area contributed by atoms with Crippen molar-refractivity contribution in [1.29, 1.82) is 0 Å². The predicted octanol–water partition coefficient (Wildman–Crippen LogP) is 3.42. The fraction of sp³-hybridized carbons (Fsp3) is 0.556. The maximum absolute atomic E-state index is 14.8. The lowest BCUT2D eigenvalue weighted by Crippen LogP contribution is -2.48. The van der Waals surface area contributed by atoms with Crippen LogP contribution in [0.4, 0.5) is 31.9 Å². The van der Waals surface area contributed by atoms with Crippen molar-refractivity contribution < 1.29 is 23.1 Å². The number of alkyl halides is 2. The van der Waals surface area contributed by atoms with Gasteiger partial charge in [0.15, 0.2) is 5.82 Å². The van der Waals surface area contributed by atoms with Gasteiger partial charge in [0.05, 0.1) is 25.5 Å². The number of hydrogen-bond acceptors (Lipinski definition) is 8. The van der Waals surface area contributed by atoms with Crippen LogP contribution in [0.15, 0.2) is 24.4 Å². The van der Waals surface area contributed by atoms with Gasteiger partial charge in [-0.3, -0.25) is 9.59 Å². The van der Waals surface area contributed by atoms with E-state index in [1.807, 2.05) is 0 Å². The van der Waals surface area contributed by atoms with E-state index in [1.165, 1.54) is 33.2 Å². The summed E-state index contributed by atoms with van der Waals surface area (Å²) in [7, 11) is 2.82. The molecule has 1 saturated heterocycles. The molecule has 10 nitrogen and oxygen atoms in total. The number of nitrogens with zero attached hydrogens (tertiary/aromatic N) is 5. The molecule has 2 fully saturated rings. The van der Waals surface area contributed by atoms with Crippen molar-refractivity contribution in [3.63, 3.8) is 0 Å². The van der Waals surface area contributed by atoms with Crippen molar-refractivity contribution in [2.45, 2.75) is 50.5 Å². The molecule has 1 aromatic heterocycles. The molecule has 210 valence electrons. The first kappa shape index (κ1) is 27.0. The molecule has 0 spiro atoms. The van der Waals surface area contributed by atoms with Crippen LogP contribution in [0.25, 0.3) is 0 Å². The molecule has 0 unspecified atom stereocenters. The smallest absolute Gasteiger partial charge is 0.342 e. The molecule has 39 heavy (non-hydrogen) atoms. The quantitative estimate of drug-likeness (QED) is 0.522. The Morgan fingerprint density at radius 2 is 1.92 bits per heavy atom. The summed E-state index contributed by atoms with van der Waals surface area (Å²) in [6.07, 6.45) is 7.20. The van der Waals surface area contributed by atoms with Gasteiger partial charge in [-0.05, 0) is 57.0 Å². The van der Waals surface area contributed by atoms with Crippen LogP contribution in [-0.4, -0.2) is 85.5 Å². The van der Waals surface area contributed by atoms with E-state index in [9.17, 15) is 18.4 Å². The normalized spacial score (nSPS) is 19.6. The summed E-state index contributed by atoms with van der Waals surface area (Å²) in [5, 5.41) is 6.05. The first-order valence-electron chi connectivity index (χ1n) is 13.5. The van der Waals surface area contributed by atoms with Gasteiger partial charge in [-0.15, -0.1) is 0 Å². The highest BCUT2D eigenvalue weighted by molar-refractivity contribution is 6.02. The van der Waals surface area contributed by atoms with Crippen LogP contribution in [0, 0.1) is 0 Å². The monoisotopic (exact) mass is 543 g/mol. The van der Waals surface area contributed by atoms with E-state index in [0.29, 0.717) is 29.4 Å². The van der Waals surface area contributed by atoms with Crippen LogP contribution in [0.1, 0.15) is 48.9 Å². The molecule has 0 atom stereocenters. The molecular weight excluding hydrogens is 508 g/mol. The molecule has 2 aromatic rings. The van der Waals surface area contributed by atoms with Crippen LogP contribution in [0.2, 0.25) is 0 Å². The van der Waals surface area contributed by atoms with Gasteiger partial charge in [-0.2, -0.15) is 13.8 Å². The molecule has 1 aliphatic carbocycles. The Morgan fingerprint density at radius 3 is 2.64 bits per heavy atom. The molecule has 1 aromatic carbocycles. The largest absolute Gasteiger partial charge is 0.495 e. The molecule has 3 heterocycles. The standard InChI is InChI=1S/C27H35F2N7O3/c1-34-21-16-31-26(33-23(21)36(19-7-3-4-8-19)17-27(28,29)25(34)38)32-20-10-9-18(15-22(20)39-2)24(37)30-11-14-35-12-5-6-13-35/h9-10,15-16,19H,3-8,11-14,17H2,1-2H3,(H,30,37)(H,31,32,33). The highest BCUT2D eigenvalue weighted by Crippen LogP contribution is 2.40. The number of methoxy groups -OCH3 is 1. The number of carbonyl (C=O) groups is 2. The molecule has 0 bridgehead atoms. The van der Waals surface area contributed by atoms with Crippen molar-refractivity contribution in [3.05, 3.63) is 30.0 Å². The third kappa shape index (κ3) is 5.75. The number of likely N-dealkylation sites (tertiary alicyclic amines) is 1. The summed E-state index contributed by atoms with van der Waals surface area (Å²) in [5.41, 5.74) is 1.21.